The molecular formula is C14H20N2O2. The topological polar surface area (TPSA) is 50.4 Å². The summed E-state index contributed by atoms with van der Waals surface area (Å²) in [5.74, 6) is 1.10. The quantitative estimate of drug-likeness (QED) is 0.826. The summed E-state index contributed by atoms with van der Waals surface area (Å²) in [7, 11) is 0. The smallest absolute Gasteiger partial charge is 0.224 e. The van der Waals surface area contributed by atoms with E-state index in [1.54, 1.807) is 0 Å². The zero-order chi connectivity index (χ0) is 12.8. The van der Waals surface area contributed by atoms with Crippen molar-refractivity contribution in [2.45, 2.75) is 19.9 Å². The number of carbonyl (C=O) groups excluding carboxylic acids is 1. The van der Waals surface area contributed by atoms with Gasteiger partial charge in [-0.15, -0.1) is 0 Å². The van der Waals surface area contributed by atoms with Crippen LogP contribution in [0.25, 0.3) is 0 Å². The van der Waals surface area contributed by atoms with Crippen molar-refractivity contribution in [3.63, 3.8) is 0 Å². The predicted molar refractivity (Wildman–Crippen MR) is 70.4 cm³/mol. The van der Waals surface area contributed by atoms with Gasteiger partial charge < -0.3 is 15.4 Å². The van der Waals surface area contributed by atoms with Crippen molar-refractivity contribution < 1.29 is 9.53 Å². The molecule has 1 fully saturated rings. The van der Waals surface area contributed by atoms with Crippen LogP contribution in [0.15, 0.2) is 24.3 Å². The molecule has 18 heavy (non-hydrogen) atoms. The van der Waals surface area contributed by atoms with Crippen molar-refractivity contribution in [3.8, 4) is 5.75 Å². The number of hydrogen-bond donors (Lipinski definition) is 2. The maximum atomic E-state index is 11.9. The molecule has 1 aliphatic heterocycles. The molecule has 0 aromatic heterocycles. The fraction of sp³-hybridized carbons (Fsp3) is 0.500. The van der Waals surface area contributed by atoms with Gasteiger partial charge >= 0.3 is 0 Å². The van der Waals surface area contributed by atoms with Crippen LogP contribution in [-0.4, -0.2) is 25.6 Å². The van der Waals surface area contributed by atoms with E-state index in [0.29, 0.717) is 13.2 Å². The van der Waals surface area contributed by atoms with Gasteiger partial charge in [-0.2, -0.15) is 0 Å². The Morgan fingerprint density at radius 3 is 3.06 bits per heavy atom. The fourth-order valence-electron chi connectivity index (χ4n) is 2.15. The molecule has 4 nitrogen and oxygen atoms in total. The molecule has 1 aromatic rings. The molecule has 98 valence electrons. The molecule has 1 aromatic carbocycles. The highest BCUT2D eigenvalue weighted by molar-refractivity contribution is 5.79. The number of rotatable bonds is 5. The summed E-state index contributed by atoms with van der Waals surface area (Å²) >= 11 is 0. The molecule has 0 radical (unpaired) electrons. The van der Waals surface area contributed by atoms with Crippen molar-refractivity contribution in [2.24, 2.45) is 5.92 Å². The highest BCUT2D eigenvalue weighted by Crippen LogP contribution is 2.18. The third kappa shape index (κ3) is 3.23. The Bertz CT molecular complexity index is 401. The van der Waals surface area contributed by atoms with Gasteiger partial charge in [0.1, 0.15) is 5.75 Å². The molecule has 0 aliphatic carbocycles. The standard InChI is InChI=1S/C14H20N2O2/c1-2-18-13-6-4-3-5-11(13)10-16-14(17)12-7-8-15-9-12/h3-6,12,15H,2,7-10H2,1H3,(H,16,17). The van der Waals surface area contributed by atoms with Gasteiger partial charge in [-0.05, 0) is 26.0 Å². The minimum atomic E-state index is 0.115. The van der Waals surface area contributed by atoms with Crippen molar-refractivity contribution in [3.05, 3.63) is 29.8 Å². The maximum absolute atomic E-state index is 11.9. The molecule has 4 heteroatoms. The van der Waals surface area contributed by atoms with E-state index >= 15 is 0 Å². The summed E-state index contributed by atoms with van der Waals surface area (Å²) in [4.78, 5) is 11.9. The van der Waals surface area contributed by atoms with Gasteiger partial charge in [0, 0.05) is 18.7 Å². The molecule has 2 rings (SSSR count). The van der Waals surface area contributed by atoms with Gasteiger partial charge in [-0.3, -0.25) is 4.79 Å². The van der Waals surface area contributed by atoms with E-state index in [1.165, 1.54) is 0 Å². The van der Waals surface area contributed by atoms with Crippen molar-refractivity contribution in [1.29, 1.82) is 0 Å². The number of nitrogens with one attached hydrogen (secondary N) is 2. The van der Waals surface area contributed by atoms with Crippen LogP contribution in [0.4, 0.5) is 0 Å². The van der Waals surface area contributed by atoms with Gasteiger partial charge in [-0.1, -0.05) is 18.2 Å². The first-order valence-corrected chi connectivity index (χ1v) is 6.50. The first-order chi connectivity index (χ1) is 8.81. The Morgan fingerprint density at radius 2 is 2.33 bits per heavy atom. The van der Waals surface area contributed by atoms with Crippen LogP contribution in [0.5, 0.6) is 5.75 Å². The van der Waals surface area contributed by atoms with E-state index in [4.69, 9.17) is 4.74 Å². The first-order valence-electron chi connectivity index (χ1n) is 6.50. The minimum absolute atomic E-state index is 0.115. The van der Waals surface area contributed by atoms with Gasteiger partial charge in [0.25, 0.3) is 0 Å². The Hall–Kier alpha value is -1.55. The molecule has 0 saturated carbocycles. The minimum Gasteiger partial charge on any atom is -0.494 e. The number of carbonyl (C=O) groups is 1. The Morgan fingerprint density at radius 1 is 1.50 bits per heavy atom. The molecule has 1 saturated heterocycles. The third-order valence-electron chi connectivity index (χ3n) is 3.16. The van der Waals surface area contributed by atoms with E-state index in [2.05, 4.69) is 10.6 Å². The van der Waals surface area contributed by atoms with Crippen LogP contribution in [-0.2, 0) is 11.3 Å². The average molecular weight is 248 g/mol. The number of para-hydroxylation sites is 1. The largest absolute Gasteiger partial charge is 0.494 e. The molecule has 0 bridgehead atoms. The Kier molecular flexibility index (Phi) is 4.59. The lowest BCUT2D eigenvalue weighted by molar-refractivity contribution is -0.124. The molecule has 1 amide bonds. The molecule has 1 aliphatic rings. The lowest BCUT2D eigenvalue weighted by Gasteiger charge is -2.13. The van der Waals surface area contributed by atoms with Crippen LogP contribution in [0.3, 0.4) is 0 Å². The third-order valence-corrected chi connectivity index (χ3v) is 3.16. The second kappa shape index (κ2) is 6.40. The van der Waals surface area contributed by atoms with Gasteiger partial charge in [0.15, 0.2) is 0 Å². The maximum Gasteiger partial charge on any atom is 0.224 e. The van der Waals surface area contributed by atoms with Gasteiger partial charge in [0.05, 0.1) is 12.5 Å². The first kappa shape index (κ1) is 12.9. The van der Waals surface area contributed by atoms with Crippen molar-refractivity contribution in [2.75, 3.05) is 19.7 Å². The molecule has 1 unspecified atom stereocenters. The Labute approximate surface area is 108 Å². The molecule has 2 N–H and O–H groups in total. The van der Waals surface area contributed by atoms with E-state index < -0.39 is 0 Å². The van der Waals surface area contributed by atoms with E-state index in [9.17, 15) is 4.79 Å². The molecule has 1 heterocycles. The average Bonchev–Trinajstić information content (AvgIpc) is 2.92. The summed E-state index contributed by atoms with van der Waals surface area (Å²) in [5.41, 5.74) is 1.03. The van der Waals surface area contributed by atoms with Crippen LogP contribution in [0.2, 0.25) is 0 Å². The summed E-state index contributed by atoms with van der Waals surface area (Å²) in [6.45, 7) is 4.86. The molecule has 1 atom stereocenters. The zero-order valence-corrected chi connectivity index (χ0v) is 10.7. The predicted octanol–water partition coefficient (Wildman–Crippen LogP) is 1.31. The molecule has 0 spiro atoms. The van der Waals surface area contributed by atoms with Crippen LogP contribution < -0.4 is 15.4 Å². The number of ether oxygens (including phenoxy) is 1. The lowest BCUT2D eigenvalue weighted by atomic mass is 10.1. The monoisotopic (exact) mass is 248 g/mol. The van der Waals surface area contributed by atoms with E-state index in [0.717, 1.165) is 30.8 Å². The summed E-state index contributed by atoms with van der Waals surface area (Å²) in [6, 6.07) is 7.82. The van der Waals surface area contributed by atoms with Crippen molar-refractivity contribution >= 4 is 5.91 Å². The highest BCUT2D eigenvalue weighted by Gasteiger charge is 2.22. The van der Waals surface area contributed by atoms with E-state index in [1.807, 2.05) is 31.2 Å². The number of benzene rings is 1. The number of hydrogen-bond acceptors (Lipinski definition) is 3. The normalized spacial score (nSPS) is 18.6. The van der Waals surface area contributed by atoms with Crippen LogP contribution in [0.1, 0.15) is 18.9 Å². The second-order valence-corrected chi connectivity index (χ2v) is 4.45. The van der Waals surface area contributed by atoms with Crippen molar-refractivity contribution in [1.82, 2.24) is 10.6 Å². The van der Waals surface area contributed by atoms with Gasteiger partial charge in [-0.25, -0.2) is 0 Å². The summed E-state index contributed by atoms with van der Waals surface area (Å²) in [5, 5.41) is 6.18. The fourth-order valence-corrected chi connectivity index (χ4v) is 2.15. The zero-order valence-electron chi connectivity index (χ0n) is 10.7. The summed E-state index contributed by atoms with van der Waals surface area (Å²) in [6.07, 6.45) is 0.930. The van der Waals surface area contributed by atoms with Crippen LogP contribution >= 0.6 is 0 Å². The SMILES string of the molecule is CCOc1ccccc1CNC(=O)C1CCNC1. The Balaban J connectivity index is 1.90. The number of amides is 1. The summed E-state index contributed by atoms with van der Waals surface area (Å²) < 4.78 is 5.53. The lowest BCUT2D eigenvalue weighted by Crippen LogP contribution is -2.31. The van der Waals surface area contributed by atoms with Crippen LogP contribution in [0, 0.1) is 5.92 Å². The van der Waals surface area contributed by atoms with E-state index in [-0.39, 0.29) is 11.8 Å². The highest BCUT2D eigenvalue weighted by atomic mass is 16.5. The van der Waals surface area contributed by atoms with Gasteiger partial charge in [0.2, 0.25) is 5.91 Å². The molecular weight excluding hydrogens is 228 g/mol. The second-order valence-electron chi connectivity index (χ2n) is 4.45.